The van der Waals surface area contributed by atoms with Gasteiger partial charge in [-0.1, -0.05) is 0 Å². The lowest BCUT2D eigenvalue weighted by molar-refractivity contribution is 0.0601. The molecule has 108 valence electrons. The van der Waals surface area contributed by atoms with E-state index < -0.39 is 0 Å². The minimum absolute atomic E-state index is 0.348. The van der Waals surface area contributed by atoms with E-state index in [2.05, 4.69) is 25.3 Å². The highest BCUT2D eigenvalue weighted by Gasteiger charge is 2.21. The number of benzene rings is 1. The zero-order valence-corrected chi connectivity index (χ0v) is 11.7. The fraction of sp³-hybridized carbons (Fsp3) is 0.267. The Morgan fingerprint density at radius 2 is 2.00 bits per heavy atom. The van der Waals surface area contributed by atoms with Gasteiger partial charge in [0.25, 0.3) is 0 Å². The lowest BCUT2D eigenvalue weighted by atomic mass is 10.2. The highest BCUT2D eigenvalue weighted by Crippen LogP contribution is 2.23. The highest BCUT2D eigenvalue weighted by molar-refractivity contribution is 5.89. The normalized spacial score (nSPS) is 13.6. The van der Waals surface area contributed by atoms with Crippen LogP contribution < -0.4 is 10.6 Å². The van der Waals surface area contributed by atoms with Gasteiger partial charge in [0.05, 0.1) is 12.7 Å². The molecule has 1 heterocycles. The van der Waals surface area contributed by atoms with Crippen LogP contribution in [0, 0.1) is 0 Å². The molecule has 6 heteroatoms. The number of hydrogen-bond donors (Lipinski definition) is 2. The van der Waals surface area contributed by atoms with Gasteiger partial charge in [0.15, 0.2) is 0 Å². The van der Waals surface area contributed by atoms with Gasteiger partial charge in [-0.3, -0.25) is 0 Å². The molecule has 0 unspecified atom stereocenters. The minimum atomic E-state index is -0.348. The Bertz CT molecular complexity index is 638. The Morgan fingerprint density at radius 1 is 1.24 bits per heavy atom. The summed E-state index contributed by atoms with van der Waals surface area (Å²) in [6.45, 7) is 0. The van der Waals surface area contributed by atoms with Gasteiger partial charge in [-0.2, -0.15) is 4.98 Å². The number of methoxy groups -OCH3 is 1. The number of esters is 1. The summed E-state index contributed by atoms with van der Waals surface area (Å²) < 4.78 is 4.66. The first-order valence-electron chi connectivity index (χ1n) is 6.79. The Hall–Kier alpha value is -2.63. The Kier molecular flexibility index (Phi) is 3.68. The van der Waals surface area contributed by atoms with Crippen molar-refractivity contribution >= 4 is 23.4 Å². The molecule has 0 atom stereocenters. The van der Waals surface area contributed by atoms with Crippen molar-refractivity contribution < 1.29 is 9.53 Å². The third-order valence-electron chi connectivity index (χ3n) is 3.14. The van der Waals surface area contributed by atoms with Gasteiger partial charge in [0, 0.05) is 17.9 Å². The largest absolute Gasteiger partial charge is 0.465 e. The Morgan fingerprint density at radius 3 is 2.67 bits per heavy atom. The monoisotopic (exact) mass is 284 g/mol. The minimum Gasteiger partial charge on any atom is -0.465 e. The first-order chi connectivity index (χ1) is 10.2. The van der Waals surface area contributed by atoms with Gasteiger partial charge < -0.3 is 15.4 Å². The molecule has 1 aromatic carbocycles. The fourth-order valence-corrected chi connectivity index (χ4v) is 1.86. The van der Waals surface area contributed by atoms with Crippen LogP contribution in [-0.4, -0.2) is 29.1 Å². The topological polar surface area (TPSA) is 76.1 Å². The lowest BCUT2D eigenvalue weighted by Gasteiger charge is -2.08. The lowest BCUT2D eigenvalue weighted by Crippen LogP contribution is -2.06. The molecule has 2 aromatic rings. The van der Waals surface area contributed by atoms with Gasteiger partial charge in [-0.15, -0.1) is 0 Å². The van der Waals surface area contributed by atoms with Gasteiger partial charge in [-0.05, 0) is 43.2 Å². The zero-order valence-electron chi connectivity index (χ0n) is 11.7. The molecular formula is C15H16N4O2. The predicted molar refractivity (Wildman–Crippen MR) is 79.7 cm³/mol. The van der Waals surface area contributed by atoms with Gasteiger partial charge in [0.1, 0.15) is 5.82 Å². The van der Waals surface area contributed by atoms with E-state index in [-0.39, 0.29) is 5.97 Å². The standard InChI is InChI=1S/C15H16N4O2/c1-21-14(20)10-2-4-11(5-3-10)17-13-8-9-16-15(19-13)18-12-6-7-12/h2-5,8-9,12H,6-7H2,1H3,(H2,16,17,18,19). The van der Waals surface area contributed by atoms with Crippen LogP contribution in [0.25, 0.3) is 0 Å². The number of nitrogens with zero attached hydrogens (tertiary/aromatic N) is 2. The maximum absolute atomic E-state index is 11.4. The summed E-state index contributed by atoms with van der Waals surface area (Å²) in [4.78, 5) is 19.9. The number of ether oxygens (including phenoxy) is 1. The summed E-state index contributed by atoms with van der Waals surface area (Å²) in [5.41, 5.74) is 1.36. The van der Waals surface area contributed by atoms with Crippen LogP contribution in [0.15, 0.2) is 36.5 Å². The Balaban J connectivity index is 1.69. The zero-order chi connectivity index (χ0) is 14.7. The second kappa shape index (κ2) is 5.78. The van der Waals surface area contributed by atoms with E-state index in [1.807, 2.05) is 12.1 Å². The molecule has 0 aliphatic heterocycles. The van der Waals surface area contributed by atoms with Crippen LogP contribution >= 0.6 is 0 Å². The summed E-state index contributed by atoms with van der Waals surface area (Å²) in [7, 11) is 1.36. The van der Waals surface area contributed by atoms with E-state index in [4.69, 9.17) is 0 Å². The molecule has 21 heavy (non-hydrogen) atoms. The summed E-state index contributed by atoms with van der Waals surface area (Å²) in [6.07, 6.45) is 4.06. The van der Waals surface area contributed by atoms with E-state index in [0.29, 0.717) is 23.4 Å². The molecule has 2 N–H and O–H groups in total. The van der Waals surface area contributed by atoms with Crippen LogP contribution in [0.2, 0.25) is 0 Å². The maximum atomic E-state index is 11.4. The molecule has 6 nitrogen and oxygen atoms in total. The van der Waals surface area contributed by atoms with Gasteiger partial charge in [-0.25, -0.2) is 9.78 Å². The molecule has 1 fully saturated rings. The fourth-order valence-electron chi connectivity index (χ4n) is 1.86. The van der Waals surface area contributed by atoms with Crippen molar-refractivity contribution in [3.63, 3.8) is 0 Å². The van der Waals surface area contributed by atoms with Crippen molar-refractivity contribution in [2.45, 2.75) is 18.9 Å². The van der Waals surface area contributed by atoms with Crippen molar-refractivity contribution in [2.75, 3.05) is 17.7 Å². The molecule has 0 saturated heterocycles. The summed E-state index contributed by atoms with van der Waals surface area (Å²) >= 11 is 0. The number of carbonyl (C=O) groups is 1. The average molecular weight is 284 g/mol. The first-order valence-corrected chi connectivity index (χ1v) is 6.79. The molecule has 0 bridgehead atoms. The molecule has 1 aliphatic rings. The highest BCUT2D eigenvalue weighted by atomic mass is 16.5. The molecule has 1 saturated carbocycles. The third kappa shape index (κ3) is 3.47. The molecule has 0 amide bonds. The second-order valence-electron chi connectivity index (χ2n) is 4.88. The smallest absolute Gasteiger partial charge is 0.337 e. The second-order valence-corrected chi connectivity index (χ2v) is 4.88. The maximum Gasteiger partial charge on any atom is 0.337 e. The Labute approximate surface area is 122 Å². The van der Waals surface area contributed by atoms with Crippen LogP contribution in [0.5, 0.6) is 0 Å². The SMILES string of the molecule is COC(=O)c1ccc(Nc2ccnc(NC3CC3)n2)cc1. The van der Waals surface area contributed by atoms with Crippen LogP contribution in [0.1, 0.15) is 23.2 Å². The number of aromatic nitrogens is 2. The van der Waals surface area contributed by atoms with E-state index in [1.54, 1.807) is 24.4 Å². The van der Waals surface area contributed by atoms with Crippen molar-refractivity contribution in [3.05, 3.63) is 42.1 Å². The quantitative estimate of drug-likeness (QED) is 0.822. The third-order valence-corrected chi connectivity index (χ3v) is 3.14. The van der Waals surface area contributed by atoms with Gasteiger partial charge >= 0.3 is 5.97 Å². The van der Waals surface area contributed by atoms with Crippen molar-refractivity contribution in [1.82, 2.24) is 9.97 Å². The van der Waals surface area contributed by atoms with E-state index in [9.17, 15) is 4.79 Å². The average Bonchev–Trinajstić information content (AvgIpc) is 3.31. The van der Waals surface area contributed by atoms with E-state index >= 15 is 0 Å². The van der Waals surface area contributed by atoms with Crippen molar-refractivity contribution in [3.8, 4) is 0 Å². The van der Waals surface area contributed by atoms with Crippen molar-refractivity contribution in [2.24, 2.45) is 0 Å². The molecule has 1 aliphatic carbocycles. The molecule has 1 aromatic heterocycles. The number of rotatable bonds is 5. The molecule has 0 spiro atoms. The number of nitrogens with one attached hydrogen (secondary N) is 2. The predicted octanol–water partition coefficient (Wildman–Crippen LogP) is 2.58. The van der Waals surface area contributed by atoms with E-state index in [1.165, 1.54) is 20.0 Å². The first kappa shape index (κ1) is 13.4. The van der Waals surface area contributed by atoms with E-state index in [0.717, 1.165) is 5.69 Å². The summed E-state index contributed by atoms with van der Waals surface area (Å²) in [6, 6.07) is 9.34. The summed E-state index contributed by atoms with van der Waals surface area (Å²) in [5.74, 6) is 0.993. The summed E-state index contributed by atoms with van der Waals surface area (Å²) in [5, 5.41) is 6.43. The number of anilines is 3. The number of hydrogen-bond acceptors (Lipinski definition) is 6. The molecule has 0 radical (unpaired) electrons. The molecule has 3 rings (SSSR count). The van der Waals surface area contributed by atoms with Crippen molar-refractivity contribution in [1.29, 1.82) is 0 Å². The van der Waals surface area contributed by atoms with Gasteiger partial charge in [0.2, 0.25) is 5.95 Å². The van der Waals surface area contributed by atoms with Crippen LogP contribution in [0.4, 0.5) is 17.5 Å². The van der Waals surface area contributed by atoms with Crippen LogP contribution in [-0.2, 0) is 4.74 Å². The molecular weight excluding hydrogens is 268 g/mol. The number of carbonyl (C=O) groups excluding carboxylic acids is 1. The van der Waals surface area contributed by atoms with Crippen LogP contribution in [0.3, 0.4) is 0 Å².